The summed E-state index contributed by atoms with van der Waals surface area (Å²) in [5.41, 5.74) is 0. The summed E-state index contributed by atoms with van der Waals surface area (Å²) < 4.78 is 6.04. The Morgan fingerprint density at radius 2 is 0.682 bits per heavy atom. The van der Waals surface area contributed by atoms with E-state index >= 15 is 0 Å². The summed E-state index contributed by atoms with van der Waals surface area (Å²) in [6.45, 7) is 4.56. The van der Waals surface area contributed by atoms with E-state index in [-0.39, 0.29) is 12.1 Å². The van der Waals surface area contributed by atoms with Gasteiger partial charge in [0.05, 0.1) is 0 Å². The van der Waals surface area contributed by atoms with Crippen molar-refractivity contribution in [1.29, 1.82) is 0 Å². The molecule has 1 atom stereocenters. The minimum Gasteiger partial charge on any atom is -0.481 e. The number of carboxylic acid groups (broad SMARTS) is 1. The highest BCUT2D eigenvalue weighted by atomic mass is 16.5. The molecule has 0 bridgehead atoms. The average Bonchev–Trinajstić information content (AvgIpc) is 3.01. The second-order valence-corrected chi connectivity index (χ2v) is 13.8. The number of hydrogen-bond donors (Lipinski definition) is 1. The summed E-state index contributed by atoms with van der Waals surface area (Å²) in [5.74, 6) is -0.645. The van der Waals surface area contributed by atoms with Crippen LogP contribution in [-0.4, -0.2) is 23.1 Å². The first-order valence-electron chi connectivity index (χ1n) is 20.0. The lowest BCUT2D eigenvalue weighted by molar-refractivity contribution is -0.150. The molecule has 0 aliphatic carbocycles. The molecule has 0 aliphatic heterocycles. The molecule has 0 saturated carbocycles. The fourth-order valence-corrected chi connectivity index (χ4v) is 6.36. The van der Waals surface area contributed by atoms with Crippen LogP contribution in [0.1, 0.15) is 239 Å². The van der Waals surface area contributed by atoms with Crippen molar-refractivity contribution in [2.45, 2.75) is 245 Å². The third-order valence-electron chi connectivity index (χ3n) is 9.33. The molecule has 4 nitrogen and oxygen atoms in total. The van der Waals surface area contributed by atoms with Gasteiger partial charge < -0.3 is 9.84 Å². The molecule has 44 heavy (non-hydrogen) atoms. The number of unbranched alkanes of at least 4 members (excludes halogenated alkanes) is 28. The molecule has 0 saturated heterocycles. The highest BCUT2D eigenvalue weighted by molar-refractivity contribution is 5.69. The summed E-state index contributed by atoms with van der Waals surface area (Å²) in [4.78, 5) is 23.3. The number of aliphatic carboxylic acids is 1. The van der Waals surface area contributed by atoms with Gasteiger partial charge in [0.2, 0.25) is 0 Å². The SMILES string of the molecule is CCCCCCCCCCCCCCCC(=O)OC(CCCCCCCCCCCC)CCCCCCCCCCC(=O)O. The van der Waals surface area contributed by atoms with E-state index in [0.717, 1.165) is 51.4 Å². The molecule has 0 aliphatic rings. The maximum absolute atomic E-state index is 12.7. The number of hydrogen-bond acceptors (Lipinski definition) is 3. The van der Waals surface area contributed by atoms with E-state index < -0.39 is 5.97 Å². The lowest BCUT2D eigenvalue weighted by Crippen LogP contribution is -2.18. The Labute approximate surface area is 275 Å². The van der Waals surface area contributed by atoms with Crippen LogP contribution in [0.4, 0.5) is 0 Å². The summed E-state index contributed by atoms with van der Waals surface area (Å²) in [7, 11) is 0. The minimum absolute atomic E-state index is 0.0338. The molecule has 0 fully saturated rings. The zero-order chi connectivity index (χ0) is 32.2. The van der Waals surface area contributed by atoms with Crippen molar-refractivity contribution < 1.29 is 19.4 Å². The van der Waals surface area contributed by atoms with E-state index in [4.69, 9.17) is 9.84 Å². The van der Waals surface area contributed by atoms with Crippen molar-refractivity contribution in [2.75, 3.05) is 0 Å². The zero-order valence-corrected chi connectivity index (χ0v) is 30.0. The number of carboxylic acids is 1. The fraction of sp³-hybridized carbons (Fsp3) is 0.950. The third kappa shape index (κ3) is 35.4. The average molecular weight is 623 g/mol. The van der Waals surface area contributed by atoms with Gasteiger partial charge in [-0.05, 0) is 38.5 Å². The predicted molar refractivity (Wildman–Crippen MR) is 190 cm³/mol. The van der Waals surface area contributed by atoms with Gasteiger partial charge in [-0.2, -0.15) is 0 Å². The predicted octanol–water partition coefficient (Wildman–Crippen LogP) is 13.7. The molecule has 0 spiro atoms. The van der Waals surface area contributed by atoms with Gasteiger partial charge in [-0.15, -0.1) is 0 Å². The van der Waals surface area contributed by atoms with E-state index in [0.29, 0.717) is 12.8 Å². The molecule has 1 N–H and O–H groups in total. The Morgan fingerprint density at radius 3 is 1.00 bits per heavy atom. The molecule has 0 amide bonds. The summed E-state index contributed by atoms with van der Waals surface area (Å²) in [6, 6.07) is 0. The van der Waals surface area contributed by atoms with Crippen molar-refractivity contribution in [3.05, 3.63) is 0 Å². The second kappa shape index (κ2) is 36.4. The summed E-state index contributed by atoms with van der Waals surface area (Å²) >= 11 is 0. The Kier molecular flexibility index (Phi) is 35.5. The van der Waals surface area contributed by atoms with Crippen LogP contribution >= 0.6 is 0 Å². The van der Waals surface area contributed by atoms with E-state index in [1.165, 1.54) is 161 Å². The third-order valence-corrected chi connectivity index (χ3v) is 9.33. The van der Waals surface area contributed by atoms with Crippen molar-refractivity contribution in [3.63, 3.8) is 0 Å². The smallest absolute Gasteiger partial charge is 0.306 e. The van der Waals surface area contributed by atoms with Crippen LogP contribution in [0.5, 0.6) is 0 Å². The van der Waals surface area contributed by atoms with E-state index in [1.54, 1.807) is 0 Å². The lowest BCUT2D eigenvalue weighted by Gasteiger charge is -2.18. The maximum atomic E-state index is 12.7. The Morgan fingerprint density at radius 1 is 0.409 bits per heavy atom. The molecule has 262 valence electrons. The van der Waals surface area contributed by atoms with Gasteiger partial charge in [0.25, 0.3) is 0 Å². The zero-order valence-electron chi connectivity index (χ0n) is 30.0. The second-order valence-electron chi connectivity index (χ2n) is 13.8. The van der Waals surface area contributed by atoms with Gasteiger partial charge in [-0.25, -0.2) is 0 Å². The van der Waals surface area contributed by atoms with Crippen LogP contribution in [0.15, 0.2) is 0 Å². The number of carbonyl (C=O) groups excluding carboxylic acids is 1. The normalized spacial score (nSPS) is 12.0. The van der Waals surface area contributed by atoms with E-state index in [9.17, 15) is 9.59 Å². The van der Waals surface area contributed by atoms with Crippen LogP contribution in [0.2, 0.25) is 0 Å². The topological polar surface area (TPSA) is 63.6 Å². The molecule has 4 heteroatoms. The minimum atomic E-state index is -0.678. The number of ether oxygens (including phenoxy) is 1. The maximum Gasteiger partial charge on any atom is 0.306 e. The molecule has 0 heterocycles. The van der Waals surface area contributed by atoms with Crippen LogP contribution in [-0.2, 0) is 14.3 Å². The fourth-order valence-electron chi connectivity index (χ4n) is 6.36. The van der Waals surface area contributed by atoms with Gasteiger partial charge in [0.15, 0.2) is 0 Å². The number of carbonyl (C=O) groups is 2. The van der Waals surface area contributed by atoms with Crippen molar-refractivity contribution in [2.24, 2.45) is 0 Å². The van der Waals surface area contributed by atoms with E-state index in [1.807, 2.05) is 0 Å². The Hall–Kier alpha value is -1.06. The van der Waals surface area contributed by atoms with Crippen molar-refractivity contribution in [3.8, 4) is 0 Å². The first-order chi connectivity index (χ1) is 21.6. The highest BCUT2D eigenvalue weighted by Crippen LogP contribution is 2.19. The van der Waals surface area contributed by atoms with Gasteiger partial charge in [0.1, 0.15) is 6.10 Å². The summed E-state index contributed by atoms with van der Waals surface area (Å²) in [6.07, 6.45) is 42.7. The monoisotopic (exact) mass is 623 g/mol. The highest BCUT2D eigenvalue weighted by Gasteiger charge is 2.14. The van der Waals surface area contributed by atoms with Crippen LogP contribution in [0, 0.1) is 0 Å². The van der Waals surface area contributed by atoms with E-state index in [2.05, 4.69) is 13.8 Å². The largest absolute Gasteiger partial charge is 0.481 e. The number of esters is 1. The molecular weight excluding hydrogens is 544 g/mol. The Bertz CT molecular complexity index is 590. The van der Waals surface area contributed by atoms with Gasteiger partial charge in [-0.1, -0.05) is 187 Å². The van der Waals surface area contributed by atoms with Gasteiger partial charge >= 0.3 is 11.9 Å². The molecule has 1 unspecified atom stereocenters. The standard InChI is InChI=1S/C40H78O4/c1-3-5-7-9-11-13-15-16-17-19-25-29-33-37-40(43)44-38(34-30-26-22-18-14-12-10-8-6-4-2)35-31-27-23-20-21-24-28-32-36-39(41)42/h38H,3-37H2,1-2H3,(H,41,42). The molecule has 0 radical (unpaired) electrons. The Balaban J connectivity index is 4.04. The molecule has 0 aromatic heterocycles. The van der Waals surface area contributed by atoms with Crippen LogP contribution < -0.4 is 0 Å². The van der Waals surface area contributed by atoms with Crippen LogP contribution in [0.25, 0.3) is 0 Å². The van der Waals surface area contributed by atoms with Crippen LogP contribution in [0.3, 0.4) is 0 Å². The number of rotatable bonds is 37. The first-order valence-corrected chi connectivity index (χ1v) is 20.0. The van der Waals surface area contributed by atoms with Crippen molar-refractivity contribution in [1.82, 2.24) is 0 Å². The summed E-state index contributed by atoms with van der Waals surface area (Å²) in [5, 5.41) is 8.74. The first kappa shape index (κ1) is 42.9. The van der Waals surface area contributed by atoms with Gasteiger partial charge in [-0.3, -0.25) is 9.59 Å². The molecule has 0 aromatic carbocycles. The lowest BCUT2D eigenvalue weighted by atomic mass is 10.0. The van der Waals surface area contributed by atoms with Crippen molar-refractivity contribution >= 4 is 11.9 Å². The molecule has 0 aromatic rings. The molecule has 0 rings (SSSR count). The quantitative estimate of drug-likeness (QED) is 0.0553. The van der Waals surface area contributed by atoms with Gasteiger partial charge in [0, 0.05) is 12.8 Å². The molecular formula is C40H78O4.